The lowest BCUT2D eigenvalue weighted by Gasteiger charge is -2.13. The first kappa shape index (κ1) is 10.4. The molecule has 0 bridgehead atoms. The molecule has 2 N–H and O–H groups in total. The summed E-state index contributed by atoms with van der Waals surface area (Å²) in [6, 6.07) is 1.92. The topological polar surface area (TPSA) is 48.1 Å². The van der Waals surface area contributed by atoms with Gasteiger partial charge in [0.2, 0.25) is 0 Å². The Morgan fingerprint density at radius 3 is 2.93 bits per heavy atom. The van der Waals surface area contributed by atoms with Gasteiger partial charge in [0.15, 0.2) is 0 Å². The van der Waals surface area contributed by atoms with Crippen molar-refractivity contribution in [3.63, 3.8) is 0 Å². The second-order valence-corrected chi connectivity index (χ2v) is 4.15. The molecule has 0 atom stereocenters. The SMILES string of the molecule is NCc1ccncc1OCC1CCCC1. The van der Waals surface area contributed by atoms with Crippen molar-refractivity contribution in [2.45, 2.75) is 32.2 Å². The number of pyridine rings is 1. The molecule has 0 saturated heterocycles. The molecule has 0 radical (unpaired) electrons. The number of hydrogen-bond acceptors (Lipinski definition) is 3. The molecule has 1 heterocycles. The zero-order valence-corrected chi connectivity index (χ0v) is 8.98. The van der Waals surface area contributed by atoms with E-state index < -0.39 is 0 Å². The molecule has 2 rings (SSSR count). The number of nitrogens with zero attached hydrogens (tertiary/aromatic N) is 1. The maximum Gasteiger partial charge on any atom is 0.142 e. The molecular weight excluding hydrogens is 188 g/mol. The van der Waals surface area contributed by atoms with Gasteiger partial charge in [0, 0.05) is 18.3 Å². The Hall–Kier alpha value is -1.09. The Bertz CT molecular complexity index is 308. The van der Waals surface area contributed by atoms with Crippen LogP contribution in [-0.4, -0.2) is 11.6 Å². The Morgan fingerprint density at radius 2 is 2.20 bits per heavy atom. The van der Waals surface area contributed by atoms with E-state index in [0.29, 0.717) is 6.54 Å². The highest BCUT2D eigenvalue weighted by atomic mass is 16.5. The van der Waals surface area contributed by atoms with Gasteiger partial charge in [-0.05, 0) is 24.8 Å². The summed E-state index contributed by atoms with van der Waals surface area (Å²) in [5, 5.41) is 0. The molecule has 15 heavy (non-hydrogen) atoms. The van der Waals surface area contributed by atoms with Crippen molar-refractivity contribution < 1.29 is 4.74 Å². The lowest BCUT2D eigenvalue weighted by Crippen LogP contribution is -2.10. The molecule has 1 aliphatic carbocycles. The molecule has 0 aliphatic heterocycles. The van der Waals surface area contributed by atoms with Crippen LogP contribution in [0.25, 0.3) is 0 Å². The van der Waals surface area contributed by atoms with Gasteiger partial charge in [-0.15, -0.1) is 0 Å². The molecule has 0 unspecified atom stereocenters. The fraction of sp³-hybridized carbons (Fsp3) is 0.583. The minimum absolute atomic E-state index is 0.516. The molecule has 82 valence electrons. The van der Waals surface area contributed by atoms with E-state index in [0.717, 1.165) is 23.8 Å². The van der Waals surface area contributed by atoms with E-state index in [9.17, 15) is 0 Å². The zero-order chi connectivity index (χ0) is 10.5. The standard InChI is InChI=1S/C12H18N2O/c13-7-11-5-6-14-8-12(11)15-9-10-3-1-2-4-10/h5-6,8,10H,1-4,7,9,13H2. The molecular formula is C12H18N2O. The smallest absolute Gasteiger partial charge is 0.142 e. The van der Waals surface area contributed by atoms with Crippen molar-refractivity contribution in [1.82, 2.24) is 4.98 Å². The van der Waals surface area contributed by atoms with Gasteiger partial charge in [-0.25, -0.2) is 0 Å². The molecule has 0 aromatic carbocycles. The van der Waals surface area contributed by atoms with E-state index >= 15 is 0 Å². The Labute approximate surface area is 90.7 Å². The van der Waals surface area contributed by atoms with Gasteiger partial charge in [-0.1, -0.05) is 12.8 Å². The first-order valence-corrected chi connectivity index (χ1v) is 5.66. The normalized spacial score (nSPS) is 16.9. The third-order valence-electron chi connectivity index (χ3n) is 3.04. The number of nitrogens with two attached hydrogens (primary N) is 1. The van der Waals surface area contributed by atoms with Crippen LogP contribution >= 0.6 is 0 Å². The van der Waals surface area contributed by atoms with Crippen LogP contribution in [0, 0.1) is 5.92 Å². The van der Waals surface area contributed by atoms with Gasteiger partial charge in [-0.2, -0.15) is 0 Å². The van der Waals surface area contributed by atoms with Crippen molar-refractivity contribution in [2.75, 3.05) is 6.61 Å². The van der Waals surface area contributed by atoms with Gasteiger partial charge < -0.3 is 10.5 Å². The second-order valence-electron chi connectivity index (χ2n) is 4.15. The largest absolute Gasteiger partial charge is 0.491 e. The van der Waals surface area contributed by atoms with E-state index in [1.807, 2.05) is 6.07 Å². The number of hydrogen-bond donors (Lipinski definition) is 1. The Kier molecular flexibility index (Phi) is 3.56. The zero-order valence-electron chi connectivity index (χ0n) is 8.98. The highest BCUT2D eigenvalue weighted by Crippen LogP contribution is 2.26. The molecule has 1 aromatic rings. The van der Waals surface area contributed by atoms with E-state index in [1.165, 1.54) is 25.7 Å². The van der Waals surface area contributed by atoms with Crippen LogP contribution in [0.2, 0.25) is 0 Å². The van der Waals surface area contributed by atoms with E-state index in [2.05, 4.69) is 4.98 Å². The van der Waals surface area contributed by atoms with Crippen molar-refractivity contribution in [2.24, 2.45) is 11.7 Å². The third-order valence-corrected chi connectivity index (χ3v) is 3.04. The van der Waals surface area contributed by atoms with Crippen LogP contribution in [0.5, 0.6) is 5.75 Å². The Morgan fingerprint density at radius 1 is 1.40 bits per heavy atom. The van der Waals surface area contributed by atoms with Gasteiger partial charge in [0.1, 0.15) is 5.75 Å². The van der Waals surface area contributed by atoms with Crippen LogP contribution in [0.4, 0.5) is 0 Å². The maximum absolute atomic E-state index is 5.77. The maximum atomic E-state index is 5.77. The summed E-state index contributed by atoms with van der Waals surface area (Å²) in [6.45, 7) is 1.33. The lowest BCUT2D eigenvalue weighted by molar-refractivity contribution is 0.249. The van der Waals surface area contributed by atoms with E-state index in [4.69, 9.17) is 10.5 Å². The summed E-state index contributed by atoms with van der Waals surface area (Å²) in [6.07, 6.45) is 8.83. The molecule has 3 heteroatoms. The molecule has 1 saturated carbocycles. The summed E-state index contributed by atoms with van der Waals surface area (Å²) >= 11 is 0. The summed E-state index contributed by atoms with van der Waals surface area (Å²) in [7, 11) is 0. The van der Waals surface area contributed by atoms with E-state index in [-0.39, 0.29) is 0 Å². The number of aromatic nitrogens is 1. The highest BCUT2D eigenvalue weighted by molar-refractivity contribution is 5.29. The second kappa shape index (κ2) is 5.12. The van der Waals surface area contributed by atoms with Crippen molar-refractivity contribution >= 4 is 0 Å². The minimum atomic E-state index is 0.516. The van der Waals surface area contributed by atoms with Gasteiger partial charge >= 0.3 is 0 Å². The van der Waals surface area contributed by atoms with Crippen LogP contribution in [0.15, 0.2) is 18.5 Å². The van der Waals surface area contributed by atoms with Gasteiger partial charge in [0.05, 0.1) is 12.8 Å². The predicted octanol–water partition coefficient (Wildman–Crippen LogP) is 2.11. The van der Waals surface area contributed by atoms with E-state index in [1.54, 1.807) is 12.4 Å². The first-order chi connectivity index (χ1) is 7.40. The lowest BCUT2D eigenvalue weighted by atomic mass is 10.1. The number of rotatable bonds is 4. The van der Waals surface area contributed by atoms with Crippen molar-refractivity contribution in [1.29, 1.82) is 0 Å². The number of ether oxygens (including phenoxy) is 1. The quantitative estimate of drug-likeness (QED) is 0.820. The first-order valence-electron chi connectivity index (χ1n) is 5.66. The fourth-order valence-electron chi connectivity index (χ4n) is 2.09. The molecule has 0 spiro atoms. The summed E-state index contributed by atoms with van der Waals surface area (Å²) in [4.78, 5) is 4.06. The van der Waals surface area contributed by atoms with Crippen molar-refractivity contribution in [3.05, 3.63) is 24.0 Å². The molecule has 1 aromatic heterocycles. The highest BCUT2D eigenvalue weighted by Gasteiger charge is 2.15. The van der Waals surface area contributed by atoms with Crippen LogP contribution in [0.1, 0.15) is 31.2 Å². The summed E-state index contributed by atoms with van der Waals surface area (Å²) < 4.78 is 5.77. The fourth-order valence-corrected chi connectivity index (χ4v) is 2.09. The summed E-state index contributed by atoms with van der Waals surface area (Å²) in [5.74, 6) is 1.59. The molecule has 1 aliphatic rings. The average Bonchev–Trinajstić information content (AvgIpc) is 2.79. The molecule has 1 fully saturated rings. The molecule has 0 amide bonds. The van der Waals surface area contributed by atoms with Crippen LogP contribution < -0.4 is 10.5 Å². The monoisotopic (exact) mass is 206 g/mol. The predicted molar refractivity (Wildman–Crippen MR) is 59.6 cm³/mol. The third kappa shape index (κ3) is 2.69. The summed E-state index contributed by atoms with van der Waals surface area (Å²) in [5.41, 5.74) is 6.67. The van der Waals surface area contributed by atoms with Crippen molar-refractivity contribution in [3.8, 4) is 5.75 Å². The van der Waals surface area contributed by atoms with Gasteiger partial charge in [-0.3, -0.25) is 4.98 Å². The van der Waals surface area contributed by atoms with Gasteiger partial charge in [0.25, 0.3) is 0 Å². The van der Waals surface area contributed by atoms with Crippen LogP contribution in [-0.2, 0) is 6.54 Å². The average molecular weight is 206 g/mol. The minimum Gasteiger partial charge on any atom is -0.491 e. The van der Waals surface area contributed by atoms with Crippen LogP contribution in [0.3, 0.4) is 0 Å². The molecule has 3 nitrogen and oxygen atoms in total. The Balaban J connectivity index is 1.91.